The fourth-order valence-electron chi connectivity index (χ4n) is 0.911. The number of hydrogen-bond donors (Lipinski definition) is 1. The van der Waals surface area contributed by atoms with E-state index in [0.717, 1.165) is 6.26 Å². The third-order valence-electron chi connectivity index (χ3n) is 1.35. The van der Waals surface area contributed by atoms with Gasteiger partial charge < -0.3 is 4.74 Å². The summed E-state index contributed by atoms with van der Waals surface area (Å²) in [5, 5.41) is 0. The third-order valence-corrected chi connectivity index (χ3v) is 2.38. The number of pyridine rings is 1. The first kappa shape index (κ1) is 12.3. The maximum absolute atomic E-state index is 11.0. The van der Waals surface area contributed by atoms with Gasteiger partial charge in [-0.15, -0.1) is 0 Å². The lowest BCUT2D eigenvalue weighted by atomic mass is 10.4. The Balaban J connectivity index is 3.07. The first-order chi connectivity index (χ1) is 6.92. The van der Waals surface area contributed by atoms with Crippen LogP contribution in [0.3, 0.4) is 0 Å². The summed E-state index contributed by atoms with van der Waals surface area (Å²) in [7, 11) is -3.35. The monoisotopic (exact) mass is 293 g/mol. The molecule has 5 nitrogen and oxygen atoms in total. The molecule has 1 aromatic heterocycles. The van der Waals surface area contributed by atoms with E-state index in [1.165, 1.54) is 6.20 Å². The highest BCUT2D eigenvalue weighted by Crippen LogP contribution is 2.25. The van der Waals surface area contributed by atoms with Gasteiger partial charge in [0, 0.05) is 10.7 Å². The van der Waals surface area contributed by atoms with Crippen LogP contribution in [-0.4, -0.2) is 26.3 Å². The van der Waals surface area contributed by atoms with Crippen LogP contribution in [-0.2, 0) is 10.0 Å². The van der Waals surface area contributed by atoms with E-state index in [2.05, 4.69) is 32.6 Å². The number of sulfonamides is 1. The lowest BCUT2D eigenvalue weighted by molar-refractivity contribution is 0.348. The summed E-state index contributed by atoms with van der Waals surface area (Å²) in [6, 6.07) is 1.57. The molecule has 0 aliphatic rings. The molecule has 0 unspecified atom stereocenters. The summed E-state index contributed by atoms with van der Waals surface area (Å²) in [5.74, 6) is 0.207. The number of hydrogen-bond acceptors (Lipinski definition) is 4. The molecule has 1 rings (SSSR count). The van der Waals surface area contributed by atoms with Crippen molar-refractivity contribution < 1.29 is 13.2 Å². The number of anilines is 1. The van der Waals surface area contributed by atoms with Gasteiger partial charge >= 0.3 is 0 Å². The number of halogens is 1. The van der Waals surface area contributed by atoms with Crippen LogP contribution in [0.25, 0.3) is 0 Å². The summed E-state index contributed by atoms with van der Waals surface area (Å²) in [6.07, 6.45) is 2.57. The van der Waals surface area contributed by atoms with Crippen LogP contribution in [0.4, 0.5) is 5.69 Å². The molecular formula is C8H10BrN2O3S. The third kappa shape index (κ3) is 4.05. The van der Waals surface area contributed by atoms with Crippen molar-refractivity contribution >= 4 is 31.6 Å². The van der Waals surface area contributed by atoms with Crippen molar-refractivity contribution in [3.05, 3.63) is 23.7 Å². The Kier molecular flexibility index (Phi) is 3.92. The second-order valence-electron chi connectivity index (χ2n) is 2.73. The zero-order chi connectivity index (χ0) is 11.5. The highest BCUT2D eigenvalue weighted by Gasteiger charge is 2.10. The predicted molar refractivity (Wildman–Crippen MR) is 61.3 cm³/mol. The minimum Gasteiger partial charge on any atom is -0.476 e. The number of nitrogens with zero attached hydrogens (tertiary/aromatic N) is 1. The highest BCUT2D eigenvalue weighted by atomic mass is 79.9. The van der Waals surface area contributed by atoms with E-state index >= 15 is 0 Å². The molecule has 1 heterocycles. The molecule has 1 N–H and O–H groups in total. The molecule has 0 atom stereocenters. The van der Waals surface area contributed by atoms with Crippen LogP contribution in [0.5, 0.6) is 5.88 Å². The fraction of sp³-hybridized carbons (Fsp3) is 0.250. The molecular weight excluding hydrogens is 284 g/mol. The van der Waals surface area contributed by atoms with Crippen LogP contribution in [0.15, 0.2) is 16.7 Å². The Bertz CT molecular complexity index is 447. The largest absolute Gasteiger partial charge is 0.476 e. The molecule has 0 fully saturated rings. The SMILES string of the molecule is [CH2]COc1ncc(Br)cc1NS(C)(=O)=O. The summed E-state index contributed by atoms with van der Waals surface area (Å²) >= 11 is 3.19. The minimum atomic E-state index is -3.35. The van der Waals surface area contributed by atoms with Crippen molar-refractivity contribution in [1.29, 1.82) is 0 Å². The lowest BCUT2D eigenvalue weighted by Crippen LogP contribution is -2.11. The lowest BCUT2D eigenvalue weighted by Gasteiger charge is -2.09. The first-order valence-corrected chi connectivity index (χ1v) is 6.66. The first-order valence-electron chi connectivity index (χ1n) is 3.98. The van der Waals surface area contributed by atoms with Gasteiger partial charge in [-0.05, 0) is 28.9 Å². The smallest absolute Gasteiger partial charge is 0.238 e. The molecule has 0 aliphatic carbocycles. The van der Waals surface area contributed by atoms with E-state index in [9.17, 15) is 8.42 Å². The average Bonchev–Trinajstić information content (AvgIpc) is 2.07. The van der Waals surface area contributed by atoms with Crippen molar-refractivity contribution in [1.82, 2.24) is 4.98 Å². The molecule has 1 radical (unpaired) electrons. The van der Waals surface area contributed by atoms with Gasteiger partial charge in [-0.2, -0.15) is 0 Å². The fourth-order valence-corrected chi connectivity index (χ4v) is 1.79. The Labute approximate surface area is 97.0 Å². The van der Waals surface area contributed by atoms with Crippen LogP contribution in [0.1, 0.15) is 0 Å². The van der Waals surface area contributed by atoms with Crippen molar-refractivity contribution in [2.24, 2.45) is 0 Å². The van der Waals surface area contributed by atoms with Crippen molar-refractivity contribution in [2.45, 2.75) is 0 Å². The van der Waals surface area contributed by atoms with Gasteiger partial charge in [-0.25, -0.2) is 13.4 Å². The molecule has 1 aromatic rings. The van der Waals surface area contributed by atoms with Crippen molar-refractivity contribution in [3.8, 4) is 5.88 Å². The molecule has 15 heavy (non-hydrogen) atoms. The van der Waals surface area contributed by atoms with Crippen LogP contribution in [0, 0.1) is 6.92 Å². The van der Waals surface area contributed by atoms with Crippen LogP contribution >= 0.6 is 15.9 Å². The second-order valence-corrected chi connectivity index (χ2v) is 5.39. The zero-order valence-corrected chi connectivity index (χ0v) is 10.4. The van der Waals surface area contributed by atoms with E-state index in [0.29, 0.717) is 4.47 Å². The van der Waals surface area contributed by atoms with Gasteiger partial charge in [0.2, 0.25) is 15.9 Å². The van der Waals surface area contributed by atoms with E-state index in [1.807, 2.05) is 0 Å². The quantitative estimate of drug-likeness (QED) is 0.912. The normalized spacial score (nSPS) is 11.1. The topological polar surface area (TPSA) is 68.3 Å². The van der Waals surface area contributed by atoms with Crippen molar-refractivity contribution in [2.75, 3.05) is 17.6 Å². The summed E-state index contributed by atoms with van der Waals surface area (Å²) in [4.78, 5) is 3.92. The number of nitrogens with one attached hydrogen (secondary N) is 1. The number of ether oxygens (including phenoxy) is 1. The van der Waals surface area contributed by atoms with Crippen molar-refractivity contribution in [3.63, 3.8) is 0 Å². The molecule has 0 saturated heterocycles. The van der Waals surface area contributed by atoms with Crippen LogP contribution < -0.4 is 9.46 Å². The van der Waals surface area contributed by atoms with E-state index in [1.54, 1.807) is 6.07 Å². The van der Waals surface area contributed by atoms with Gasteiger partial charge in [0.05, 0.1) is 12.9 Å². The van der Waals surface area contributed by atoms with E-state index in [-0.39, 0.29) is 18.2 Å². The maximum atomic E-state index is 11.0. The highest BCUT2D eigenvalue weighted by molar-refractivity contribution is 9.10. The number of aromatic nitrogens is 1. The zero-order valence-electron chi connectivity index (χ0n) is 8.03. The minimum absolute atomic E-state index is 0.174. The Morgan fingerprint density at radius 3 is 2.87 bits per heavy atom. The molecule has 0 saturated carbocycles. The van der Waals surface area contributed by atoms with E-state index < -0.39 is 10.0 Å². The summed E-state index contributed by atoms with van der Waals surface area (Å²) in [5.41, 5.74) is 0.288. The standard InChI is InChI=1S/C8H10BrN2O3S/c1-3-14-8-7(11-15(2,12)13)4-6(9)5-10-8/h4-5,11H,1,3H2,2H3. The summed E-state index contributed by atoms with van der Waals surface area (Å²) < 4.78 is 30.1. The van der Waals surface area contributed by atoms with Gasteiger partial charge in [0.1, 0.15) is 5.69 Å². The van der Waals surface area contributed by atoms with Gasteiger partial charge in [-0.3, -0.25) is 4.72 Å². The van der Waals surface area contributed by atoms with Crippen LogP contribution in [0.2, 0.25) is 0 Å². The Morgan fingerprint density at radius 2 is 2.33 bits per heavy atom. The molecule has 0 amide bonds. The van der Waals surface area contributed by atoms with Gasteiger partial charge in [-0.1, -0.05) is 0 Å². The van der Waals surface area contributed by atoms with Gasteiger partial charge in [0.25, 0.3) is 0 Å². The summed E-state index contributed by atoms with van der Waals surface area (Å²) in [6.45, 7) is 3.66. The molecule has 83 valence electrons. The molecule has 7 heteroatoms. The second kappa shape index (κ2) is 4.80. The number of rotatable bonds is 4. The maximum Gasteiger partial charge on any atom is 0.238 e. The molecule has 0 spiro atoms. The average molecular weight is 294 g/mol. The molecule has 0 aliphatic heterocycles. The Morgan fingerprint density at radius 1 is 1.67 bits per heavy atom. The Hall–Kier alpha value is -0.820. The molecule has 0 aromatic carbocycles. The van der Waals surface area contributed by atoms with E-state index in [4.69, 9.17) is 4.74 Å². The van der Waals surface area contributed by atoms with Gasteiger partial charge in [0.15, 0.2) is 0 Å². The predicted octanol–water partition coefficient (Wildman–Crippen LogP) is 1.43. The molecule has 0 bridgehead atoms.